The molecule has 2 bridgehead atoms. The van der Waals surface area contributed by atoms with Crippen molar-refractivity contribution in [2.75, 3.05) is 19.6 Å². The van der Waals surface area contributed by atoms with E-state index in [0.717, 1.165) is 19.0 Å². The van der Waals surface area contributed by atoms with E-state index in [1.54, 1.807) is 12.1 Å². The van der Waals surface area contributed by atoms with Crippen molar-refractivity contribution < 1.29 is 4.39 Å². The van der Waals surface area contributed by atoms with Crippen molar-refractivity contribution in [1.29, 1.82) is 0 Å². The average Bonchev–Trinajstić information content (AvgIpc) is 3.06. The predicted molar refractivity (Wildman–Crippen MR) is 95.7 cm³/mol. The average molecular weight is 337 g/mol. The van der Waals surface area contributed by atoms with Gasteiger partial charge in [0.2, 0.25) is 0 Å². The van der Waals surface area contributed by atoms with Gasteiger partial charge in [-0.25, -0.2) is 4.39 Å². The van der Waals surface area contributed by atoms with Crippen molar-refractivity contribution in [2.24, 2.45) is 5.92 Å². The largest absolute Gasteiger partial charge is 0.298 e. The smallest absolute Gasteiger partial charge is 0.123 e. The minimum atomic E-state index is -0.141. The van der Waals surface area contributed by atoms with Gasteiger partial charge in [0.1, 0.15) is 5.82 Å². The second kappa shape index (κ2) is 6.19. The number of aromatic nitrogens is 1. The van der Waals surface area contributed by atoms with E-state index in [0.29, 0.717) is 18.0 Å². The van der Waals surface area contributed by atoms with Crippen LogP contribution in [0.1, 0.15) is 29.9 Å². The number of fused-ring (bicyclic) bond motifs is 2. The van der Waals surface area contributed by atoms with Gasteiger partial charge < -0.3 is 0 Å². The fourth-order valence-corrected chi connectivity index (χ4v) is 5.45. The molecule has 1 aromatic heterocycles. The molecule has 4 aliphatic heterocycles. The zero-order valence-electron chi connectivity index (χ0n) is 14.4. The lowest BCUT2D eigenvalue weighted by Crippen LogP contribution is -2.59. The second-order valence-electron chi connectivity index (χ2n) is 7.80. The van der Waals surface area contributed by atoms with Gasteiger partial charge in [-0.15, -0.1) is 0 Å². The quantitative estimate of drug-likeness (QED) is 0.857. The van der Waals surface area contributed by atoms with Crippen LogP contribution in [0.3, 0.4) is 0 Å². The van der Waals surface area contributed by atoms with Crippen LogP contribution < -0.4 is 0 Å². The van der Waals surface area contributed by atoms with Crippen LogP contribution in [0, 0.1) is 11.7 Å². The lowest BCUT2D eigenvalue weighted by molar-refractivity contribution is -0.00869. The van der Waals surface area contributed by atoms with E-state index in [4.69, 9.17) is 0 Å². The molecule has 0 saturated carbocycles. The molecular weight excluding hydrogens is 313 g/mol. The Morgan fingerprint density at radius 3 is 2.40 bits per heavy atom. The number of benzene rings is 1. The van der Waals surface area contributed by atoms with Crippen LogP contribution in [0.15, 0.2) is 48.8 Å². The van der Waals surface area contributed by atoms with Crippen LogP contribution in [-0.4, -0.2) is 46.5 Å². The molecule has 2 aromatic rings. The van der Waals surface area contributed by atoms with E-state index in [1.807, 2.05) is 24.5 Å². The summed E-state index contributed by atoms with van der Waals surface area (Å²) in [5.74, 6) is 1.15. The van der Waals surface area contributed by atoms with Crippen LogP contribution in [-0.2, 0) is 6.54 Å². The Kier molecular flexibility index (Phi) is 3.83. The van der Waals surface area contributed by atoms with E-state index in [1.165, 1.54) is 37.1 Å². The minimum Gasteiger partial charge on any atom is -0.298 e. The van der Waals surface area contributed by atoms with Crippen LogP contribution in [0.25, 0.3) is 0 Å². The van der Waals surface area contributed by atoms with E-state index >= 15 is 0 Å². The number of pyridine rings is 1. The minimum absolute atomic E-state index is 0.141. The summed E-state index contributed by atoms with van der Waals surface area (Å²) < 4.78 is 13.4. The molecule has 0 aliphatic carbocycles. The highest BCUT2D eigenvalue weighted by Gasteiger charge is 2.53. The molecule has 130 valence electrons. The summed E-state index contributed by atoms with van der Waals surface area (Å²) in [6.45, 7) is 4.52. The van der Waals surface area contributed by atoms with Gasteiger partial charge in [0.25, 0.3) is 0 Å². The van der Waals surface area contributed by atoms with E-state index in [2.05, 4.69) is 26.9 Å². The van der Waals surface area contributed by atoms with Crippen molar-refractivity contribution >= 4 is 0 Å². The second-order valence-corrected chi connectivity index (χ2v) is 7.80. The Bertz CT molecular complexity index is 725. The lowest BCUT2D eigenvalue weighted by Gasteiger charge is -2.51. The number of nitrogens with zero attached hydrogens (tertiary/aromatic N) is 3. The maximum atomic E-state index is 13.4. The van der Waals surface area contributed by atoms with E-state index in [9.17, 15) is 4.39 Å². The molecule has 3 nitrogen and oxygen atoms in total. The number of halogens is 1. The molecule has 4 heteroatoms. The van der Waals surface area contributed by atoms with Crippen molar-refractivity contribution in [3.63, 3.8) is 0 Å². The highest BCUT2D eigenvalue weighted by Crippen LogP contribution is 2.46. The zero-order valence-corrected chi connectivity index (χ0v) is 14.4. The molecule has 4 fully saturated rings. The van der Waals surface area contributed by atoms with Crippen LogP contribution >= 0.6 is 0 Å². The number of piperidine rings is 3. The van der Waals surface area contributed by atoms with Crippen LogP contribution in [0.4, 0.5) is 4.39 Å². The third kappa shape index (κ3) is 2.68. The van der Waals surface area contributed by atoms with E-state index in [-0.39, 0.29) is 5.82 Å². The highest BCUT2D eigenvalue weighted by molar-refractivity contribution is 5.28. The highest BCUT2D eigenvalue weighted by atomic mass is 19.1. The van der Waals surface area contributed by atoms with Crippen LogP contribution in [0.5, 0.6) is 0 Å². The molecule has 0 radical (unpaired) electrons. The molecule has 0 unspecified atom stereocenters. The third-order valence-corrected chi connectivity index (χ3v) is 6.53. The lowest BCUT2D eigenvalue weighted by atomic mass is 9.75. The first kappa shape index (κ1) is 15.5. The fraction of sp³-hybridized carbons (Fsp3) is 0.476. The molecule has 4 aliphatic rings. The SMILES string of the molecule is Fc1ccc([C@@H]2CN(Cc3ccncc3)[C@@H]3C4CCN(CC4)[C@@H]32)cc1. The monoisotopic (exact) mass is 337 g/mol. The number of hydrogen-bond acceptors (Lipinski definition) is 3. The Morgan fingerprint density at radius 1 is 0.960 bits per heavy atom. The third-order valence-electron chi connectivity index (χ3n) is 6.53. The topological polar surface area (TPSA) is 19.4 Å². The Morgan fingerprint density at radius 2 is 1.68 bits per heavy atom. The molecule has 4 saturated heterocycles. The zero-order chi connectivity index (χ0) is 16.8. The fourth-order valence-electron chi connectivity index (χ4n) is 5.45. The maximum Gasteiger partial charge on any atom is 0.123 e. The van der Waals surface area contributed by atoms with Gasteiger partial charge in [0, 0.05) is 43.5 Å². The molecule has 5 heterocycles. The summed E-state index contributed by atoms with van der Waals surface area (Å²) in [6, 6.07) is 12.7. The van der Waals surface area contributed by atoms with Crippen LogP contribution in [0.2, 0.25) is 0 Å². The van der Waals surface area contributed by atoms with Gasteiger partial charge in [0.05, 0.1) is 0 Å². The predicted octanol–water partition coefficient (Wildman–Crippen LogP) is 3.28. The molecule has 0 N–H and O–H groups in total. The first-order valence-electron chi connectivity index (χ1n) is 9.42. The summed E-state index contributed by atoms with van der Waals surface area (Å²) in [4.78, 5) is 9.53. The van der Waals surface area contributed by atoms with Gasteiger partial charge >= 0.3 is 0 Å². The molecule has 25 heavy (non-hydrogen) atoms. The van der Waals surface area contributed by atoms with E-state index < -0.39 is 0 Å². The number of hydrogen-bond donors (Lipinski definition) is 0. The standard InChI is InChI=1S/C21H24FN3/c22-18-3-1-16(2-4-18)19-14-25(13-15-5-9-23-10-6-15)20-17-7-11-24(12-8-17)21(19)20/h1-6,9-10,17,19-21H,7-8,11-14H2/t19-,20+,21+/m0/s1. The summed E-state index contributed by atoms with van der Waals surface area (Å²) in [7, 11) is 0. The first-order chi connectivity index (χ1) is 12.3. The number of rotatable bonds is 3. The Balaban J connectivity index is 1.47. The Labute approximate surface area is 148 Å². The van der Waals surface area contributed by atoms with Crippen molar-refractivity contribution in [1.82, 2.24) is 14.8 Å². The summed E-state index contributed by atoms with van der Waals surface area (Å²) in [5.41, 5.74) is 2.63. The van der Waals surface area contributed by atoms with Crippen molar-refractivity contribution in [3.05, 3.63) is 65.7 Å². The first-order valence-corrected chi connectivity index (χ1v) is 9.42. The summed E-state index contributed by atoms with van der Waals surface area (Å²) >= 11 is 0. The summed E-state index contributed by atoms with van der Waals surface area (Å²) in [6.07, 6.45) is 6.42. The van der Waals surface area contributed by atoms with Crippen molar-refractivity contribution in [3.8, 4) is 0 Å². The van der Waals surface area contributed by atoms with Gasteiger partial charge in [-0.3, -0.25) is 14.8 Å². The molecule has 0 amide bonds. The van der Waals surface area contributed by atoms with Crippen molar-refractivity contribution in [2.45, 2.75) is 37.4 Å². The molecule has 0 spiro atoms. The summed E-state index contributed by atoms with van der Waals surface area (Å²) in [5, 5.41) is 0. The number of likely N-dealkylation sites (tertiary alicyclic amines) is 1. The van der Waals surface area contributed by atoms with Gasteiger partial charge in [-0.05, 0) is 67.2 Å². The molecule has 6 rings (SSSR count). The molecule has 3 atom stereocenters. The molecule has 1 aromatic carbocycles. The Hall–Kier alpha value is -1.78. The van der Waals surface area contributed by atoms with Gasteiger partial charge in [0.15, 0.2) is 0 Å². The maximum absolute atomic E-state index is 13.4. The van der Waals surface area contributed by atoms with Gasteiger partial charge in [-0.2, -0.15) is 0 Å². The molecular formula is C21H24FN3. The van der Waals surface area contributed by atoms with Gasteiger partial charge in [-0.1, -0.05) is 12.1 Å². The normalized spacial score (nSPS) is 34.2.